The van der Waals surface area contributed by atoms with Gasteiger partial charge < -0.3 is 15.7 Å². The van der Waals surface area contributed by atoms with Crippen LogP contribution < -0.4 is 10.6 Å². The highest BCUT2D eigenvalue weighted by Gasteiger charge is 2.27. The molecule has 194 valence electrons. The van der Waals surface area contributed by atoms with Gasteiger partial charge in [-0.2, -0.15) is 9.78 Å². The standard InChI is InChI=1S/C28H23Cl3N4O3/c29-21-7-2-1-6-19(21)27(37)33-18-9-10-20(26(36)13-18)24-14-25(17-4-3-5-17)35(34-24)28(38)32-15-16-8-11-22(30)23(31)12-16/h1-2,6-14,17,36H,3-5,15H2,(H,32,38)(H,33,37). The number of halogens is 3. The molecule has 0 saturated heterocycles. The first-order valence-electron chi connectivity index (χ1n) is 12.0. The fraction of sp³-hybridized carbons (Fsp3) is 0.179. The highest BCUT2D eigenvalue weighted by molar-refractivity contribution is 6.42. The summed E-state index contributed by atoms with van der Waals surface area (Å²) in [6.07, 6.45) is 3.01. The smallest absolute Gasteiger partial charge is 0.342 e. The van der Waals surface area contributed by atoms with E-state index in [4.69, 9.17) is 34.8 Å². The van der Waals surface area contributed by atoms with Crippen LogP contribution >= 0.6 is 34.8 Å². The molecule has 0 bridgehead atoms. The first kappa shape index (κ1) is 26.1. The number of phenols is 1. The number of phenolic OH excluding ortho intramolecular Hbond substituents is 1. The molecule has 1 saturated carbocycles. The van der Waals surface area contributed by atoms with Crippen molar-refractivity contribution in [3.8, 4) is 17.0 Å². The van der Waals surface area contributed by atoms with Crippen LogP contribution in [0, 0.1) is 0 Å². The van der Waals surface area contributed by atoms with Gasteiger partial charge in [0.1, 0.15) is 5.75 Å². The van der Waals surface area contributed by atoms with Crippen molar-refractivity contribution >= 4 is 52.4 Å². The number of carbonyl (C=O) groups is 2. The second kappa shape index (κ2) is 11.1. The molecule has 0 atom stereocenters. The Bertz CT molecular complexity index is 1530. The Morgan fingerprint density at radius 2 is 1.74 bits per heavy atom. The summed E-state index contributed by atoms with van der Waals surface area (Å²) in [5.41, 5.74) is 3.21. The Morgan fingerprint density at radius 3 is 2.42 bits per heavy atom. The molecular formula is C28H23Cl3N4O3. The second-order valence-corrected chi connectivity index (χ2v) is 10.3. The number of hydrogen-bond donors (Lipinski definition) is 3. The lowest BCUT2D eigenvalue weighted by atomic mass is 9.82. The largest absolute Gasteiger partial charge is 0.507 e. The van der Waals surface area contributed by atoms with Gasteiger partial charge in [-0.25, -0.2) is 4.79 Å². The molecular weight excluding hydrogens is 547 g/mol. The summed E-state index contributed by atoms with van der Waals surface area (Å²) in [5, 5.41) is 22.1. The van der Waals surface area contributed by atoms with Crippen LogP contribution in [0.15, 0.2) is 66.7 Å². The number of nitrogens with zero attached hydrogens (tertiary/aromatic N) is 2. The summed E-state index contributed by atoms with van der Waals surface area (Å²) in [5.74, 6) is -0.260. The first-order valence-corrected chi connectivity index (χ1v) is 13.1. The van der Waals surface area contributed by atoms with Crippen LogP contribution in [0.3, 0.4) is 0 Å². The molecule has 5 rings (SSSR count). The SMILES string of the molecule is O=C(Nc1ccc(-c2cc(C3CCC3)n(C(=O)NCc3ccc(Cl)c(Cl)c3)n2)c(O)c1)c1ccccc1Cl. The Morgan fingerprint density at radius 1 is 0.947 bits per heavy atom. The van der Waals surface area contributed by atoms with E-state index in [0.29, 0.717) is 37.6 Å². The summed E-state index contributed by atoms with van der Waals surface area (Å²) >= 11 is 18.2. The van der Waals surface area contributed by atoms with Crippen molar-refractivity contribution in [1.82, 2.24) is 15.1 Å². The maximum absolute atomic E-state index is 13.1. The van der Waals surface area contributed by atoms with E-state index >= 15 is 0 Å². The number of nitrogens with one attached hydrogen (secondary N) is 2. The second-order valence-electron chi connectivity index (χ2n) is 9.07. The van der Waals surface area contributed by atoms with E-state index in [1.165, 1.54) is 10.7 Å². The van der Waals surface area contributed by atoms with Gasteiger partial charge in [0.05, 0.1) is 32.0 Å². The number of rotatable bonds is 6. The number of aromatic nitrogens is 2. The molecule has 1 fully saturated rings. The van der Waals surface area contributed by atoms with Crippen LogP contribution in [-0.2, 0) is 6.54 Å². The molecule has 0 unspecified atom stereocenters. The average Bonchev–Trinajstić information content (AvgIpc) is 3.28. The van der Waals surface area contributed by atoms with Gasteiger partial charge in [-0.3, -0.25) is 4.79 Å². The third kappa shape index (κ3) is 5.50. The molecule has 0 aliphatic heterocycles. The van der Waals surface area contributed by atoms with E-state index in [-0.39, 0.29) is 24.2 Å². The molecule has 0 spiro atoms. The molecule has 4 aromatic rings. The summed E-state index contributed by atoms with van der Waals surface area (Å²) in [7, 11) is 0. The van der Waals surface area contributed by atoms with Crippen molar-refractivity contribution in [2.24, 2.45) is 0 Å². The molecule has 1 aromatic heterocycles. The lowest BCUT2D eigenvalue weighted by Gasteiger charge is -2.25. The fourth-order valence-corrected chi connectivity index (χ4v) is 4.80. The molecule has 0 radical (unpaired) electrons. The van der Waals surface area contributed by atoms with Crippen molar-refractivity contribution in [2.75, 3.05) is 5.32 Å². The fourth-order valence-electron chi connectivity index (χ4n) is 4.26. The van der Waals surface area contributed by atoms with Crippen molar-refractivity contribution in [2.45, 2.75) is 31.7 Å². The van der Waals surface area contributed by atoms with Crippen molar-refractivity contribution in [1.29, 1.82) is 0 Å². The molecule has 38 heavy (non-hydrogen) atoms. The lowest BCUT2D eigenvalue weighted by Crippen LogP contribution is -2.31. The van der Waals surface area contributed by atoms with Gasteiger partial charge in [0.25, 0.3) is 5.91 Å². The Kier molecular flexibility index (Phi) is 7.61. The van der Waals surface area contributed by atoms with E-state index in [1.807, 2.05) is 6.07 Å². The van der Waals surface area contributed by atoms with Crippen LogP contribution in [0.5, 0.6) is 5.75 Å². The Labute approximate surface area is 234 Å². The van der Waals surface area contributed by atoms with Gasteiger partial charge in [-0.15, -0.1) is 0 Å². The van der Waals surface area contributed by atoms with Gasteiger partial charge in [0.2, 0.25) is 0 Å². The number of aromatic hydroxyl groups is 1. The van der Waals surface area contributed by atoms with E-state index in [2.05, 4.69) is 15.7 Å². The van der Waals surface area contributed by atoms with Gasteiger partial charge in [0.15, 0.2) is 0 Å². The predicted molar refractivity (Wildman–Crippen MR) is 149 cm³/mol. The number of hydrogen-bond acceptors (Lipinski definition) is 4. The molecule has 1 aliphatic carbocycles. The Hall–Kier alpha value is -3.52. The average molecular weight is 570 g/mol. The first-order chi connectivity index (χ1) is 18.3. The van der Waals surface area contributed by atoms with E-state index < -0.39 is 5.91 Å². The highest BCUT2D eigenvalue weighted by atomic mass is 35.5. The minimum Gasteiger partial charge on any atom is -0.507 e. The Balaban J connectivity index is 1.36. The maximum Gasteiger partial charge on any atom is 0.342 e. The minimum atomic E-state index is -0.391. The molecule has 1 heterocycles. The normalized spacial score (nSPS) is 13.1. The topological polar surface area (TPSA) is 96.3 Å². The van der Waals surface area contributed by atoms with Gasteiger partial charge >= 0.3 is 6.03 Å². The summed E-state index contributed by atoms with van der Waals surface area (Å²) in [4.78, 5) is 25.7. The summed E-state index contributed by atoms with van der Waals surface area (Å²) in [6, 6.07) is 18.1. The number of amides is 2. The molecule has 1 aliphatic rings. The number of benzene rings is 3. The van der Waals surface area contributed by atoms with Crippen molar-refractivity contribution in [3.05, 3.63) is 98.6 Å². The molecule has 10 heteroatoms. The lowest BCUT2D eigenvalue weighted by molar-refractivity contribution is 0.102. The third-order valence-corrected chi connectivity index (χ3v) is 7.60. The molecule has 2 amide bonds. The molecule has 3 N–H and O–H groups in total. The number of anilines is 1. The van der Waals surface area contributed by atoms with Crippen molar-refractivity contribution in [3.63, 3.8) is 0 Å². The van der Waals surface area contributed by atoms with E-state index in [1.54, 1.807) is 54.6 Å². The summed E-state index contributed by atoms with van der Waals surface area (Å²) in [6.45, 7) is 0.250. The minimum absolute atomic E-state index is 0.0806. The molecule has 7 nitrogen and oxygen atoms in total. The van der Waals surface area contributed by atoms with Gasteiger partial charge in [0, 0.05) is 29.8 Å². The van der Waals surface area contributed by atoms with E-state index in [9.17, 15) is 14.7 Å². The quantitative estimate of drug-likeness (QED) is 0.224. The molecule has 3 aromatic carbocycles. The maximum atomic E-state index is 13.1. The predicted octanol–water partition coefficient (Wildman–Crippen LogP) is 7.49. The van der Waals surface area contributed by atoms with Crippen LogP contribution in [0.2, 0.25) is 15.1 Å². The number of carbonyl (C=O) groups excluding carboxylic acids is 2. The highest BCUT2D eigenvalue weighted by Crippen LogP contribution is 2.39. The van der Waals surface area contributed by atoms with Gasteiger partial charge in [-0.05, 0) is 60.9 Å². The van der Waals surface area contributed by atoms with E-state index in [0.717, 1.165) is 30.5 Å². The van der Waals surface area contributed by atoms with Crippen LogP contribution in [-0.4, -0.2) is 26.8 Å². The van der Waals surface area contributed by atoms with Crippen LogP contribution in [0.4, 0.5) is 10.5 Å². The zero-order valence-corrected chi connectivity index (χ0v) is 22.3. The summed E-state index contributed by atoms with van der Waals surface area (Å²) < 4.78 is 1.36. The zero-order valence-electron chi connectivity index (χ0n) is 20.0. The monoisotopic (exact) mass is 568 g/mol. The van der Waals surface area contributed by atoms with Gasteiger partial charge in [-0.1, -0.05) is 59.4 Å². The van der Waals surface area contributed by atoms with Crippen LogP contribution in [0.25, 0.3) is 11.3 Å². The van der Waals surface area contributed by atoms with Crippen molar-refractivity contribution < 1.29 is 14.7 Å². The zero-order chi connectivity index (χ0) is 26.8. The third-order valence-electron chi connectivity index (χ3n) is 6.53. The van der Waals surface area contributed by atoms with Crippen LogP contribution in [0.1, 0.15) is 46.8 Å².